The van der Waals surface area contributed by atoms with E-state index in [2.05, 4.69) is 0 Å². The van der Waals surface area contributed by atoms with Crippen LogP contribution in [0.2, 0.25) is 0 Å². The van der Waals surface area contributed by atoms with Crippen LogP contribution in [0.15, 0.2) is 23.1 Å². The molecular formula is C15H18F3NO2S. The van der Waals surface area contributed by atoms with Gasteiger partial charge in [-0.05, 0) is 25.0 Å². The van der Waals surface area contributed by atoms with Gasteiger partial charge in [-0.1, -0.05) is 31.0 Å². The molecule has 0 bridgehead atoms. The van der Waals surface area contributed by atoms with Crippen molar-refractivity contribution < 1.29 is 18.0 Å². The van der Waals surface area contributed by atoms with E-state index in [1.165, 1.54) is 30.4 Å². The van der Waals surface area contributed by atoms with Crippen LogP contribution in [0.25, 0.3) is 0 Å². The summed E-state index contributed by atoms with van der Waals surface area (Å²) in [4.78, 5) is 23.6. The van der Waals surface area contributed by atoms with Crippen molar-refractivity contribution in [3.63, 3.8) is 0 Å². The van der Waals surface area contributed by atoms with E-state index in [9.17, 15) is 22.8 Å². The number of aryl methyl sites for hydroxylation is 1. The van der Waals surface area contributed by atoms with E-state index in [1.807, 2.05) is 0 Å². The molecule has 0 aliphatic heterocycles. The molecule has 0 N–H and O–H groups in total. The van der Waals surface area contributed by atoms with Crippen LogP contribution >= 0.6 is 11.8 Å². The fourth-order valence-electron chi connectivity index (χ4n) is 2.57. The summed E-state index contributed by atoms with van der Waals surface area (Å²) in [6.07, 6.45) is 2.17. The molecule has 0 atom stereocenters. The van der Waals surface area contributed by atoms with Gasteiger partial charge in [-0.15, -0.1) is 0 Å². The first-order valence-corrected chi connectivity index (χ1v) is 8.22. The zero-order valence-electron chi connectivity index (χ0n) is 12.1. The summed E-state index contributed by atoms with van der Waals surface area (Å²) < 4.78 is 38.9. The third-order valence-corrected chi connectivity index (χ3v) is 5.00. The minimum absolute atomic E-state index is 0.0126. The minimum Gasteiger partial charge on any atom is -0.315 e. The first kappa shape index (κ1) is 17.1. The van der Waals surface area contributed by atoms with Gasteiger partial charge in [0.05, 0.1) is 0 Å². The molecule has 1 aliphatic carbocycles. The van der Waals surface area contributed by atoms with Gasteiger partial charge in [0.1, 0.15) is 5.56 Å². The second-order valence-electron chi connectivity index (χ2n) is 5.42. The lowest BCUT2D eigenvalue weighted by Crippen LogP contribution is -2.28. The molecular weight excluding hydrogens is 315 g/mol. The van der Waals surface area contributed by atoms with Crippen LogP contribution in [0, 0.1) is 0 Å². The predicted molar refractivity (Wildman–Crippen MR) is 79.8 cm³/mol. The van der Waals surface area contributed by atoms with Crippen LogP contribution in [0.4, 0.5) is 13.2 Å². The Kier molecular flexibility index (Phi) is 5.72. The van der Waals surface area contributed by atoms with Crippen LogP contribution in [0.5, 0.6) is 0 Å². The van der Waals surface area contributed by atoms with Crippen molar-refractivity contribution in [2.45, 2.75) is 56.5 Å². The summed E-state index contributed by atoms with van der Waals surface area (Å²) in [5, 5.41) is 0.260. The van der Waals surface area contributed by atoms with Crippen molar-refractivity contribution in [2.24, 2.45) is 0 Å². The van der Waals surface area contributed by atoms with E-state index in [0.717, 1.165) is 36.3 Å². The Morgan fingerprint density at radius 3 is 2.59 bits per heavy atom. The van der Waals surface area contributed by atoms with Crippen molar-refractivity contribution in [3.8, 4) is 0 Å². The quantitative estimate of drug-likeness (QED) is 0.840. The molecule has 1 fully saturated rings. The van der Waals surface area contributed by atoms with E-state index >= 15 is 0 Å². The highest BCUT2D eigenvalue weighted by molar-refractivity contribution is 8.14. The highest BCUT2D eigenvalue weighted by Crippen LogP contribution is 2.29. The van der Waals surface area contributed by atoms with Gasteiger partial charge in [0.25, 0.3) is 5.56 Å². The smallest absolute Gasteiger partial charge is 0.315 e. The van der Waals surface area contributed by atoms with Crippen LogP contribution < -0.4 is 5.56 Å². The van der Waals surface area contributed by atoms with Crippen molar-refractivity contribution >= 4 is 16.9 Å². The Labute approximate surface area is 130 Å². The number of carbonyl (C=O) groups excluding carboxylic acids is 1. The first-order chi connectivity index (χ1) is 10.4. The number of carbonyl (C=O) groups is 1. The van der Waals surface area contributed by atoms with Crippen molar-refractivity contribution in [2.75, 3.05) is 0 Å². The highest BCUT2D eigenvalue weighted by Gasteiger charge is 2.34. The van der Waals surface area contributed by atoms with Gasteiger partial charge in [0.2, 0.25) is 0 Å². The van der Waals surface area contributed by atoms with Gasteiger partial charge < -0.3 is 4.57 Å². The normalized spacial score (nSPS) is 16.7. The lowest BCUT2D eigenvalue weighted by molar-refractivity contribution is -0.138. The molecule has 1 saturated carbocycles. The molecule has 0 saturated heterocycles. The lowest BCUT2D eigenvalue weighted by atomic mass is 10.0. The molecule has 2 rings (SSSR count). The molecule has 0 spiro atoms. The maximum absolute atomic E-state index is 12.7. The summed E-state index contributed by atoms with van der Waals surface area (Å²) in [5.41, 5.74) is -2.28. The number of thioether (sulfide) groups is 1. The number of hydrogen-bond donors (Lipinski definition) is 0. The summed E-state index contributed by atoms with van der Waals surface area (Å²) >= 11 is 1.28. The number of pyridine rings is 1. The molecule has 0 unspecified atom stereocenters. The molecule has 1 aromatic heterocycles. The van der Waals surface area contributed by atoms with Crippen LogP contribution in [0.1, 0.15) is 44.1 Å². The zero-order valence-corrected chi connectivity index (χ0v) is 12.9. The van der Waals surface area contributed by atoms with Gasteiger partial charge in [-0.25, -0.2) is 0 Å². The molecule has 3 nitrogen and oxygen atoms in total. The Balaban J connectivity index is 1.94. The van der Waals surface area contributed by atoms with E-state index in [-0.39, 0.29) is 18.1 Å². The number of nitrogens with zero attached hydrogens (tertiary/aromatic N) is 1. The Morgan fingerprint density at radius 1 is 1.27 bits per heavy atom. The fraction of sp³-hybridized carbons (Fsp3) is 0.600. The Hall–Kier alpha value is -1.24. The third-order valence-electron chi connectivity index (χ3n) is 3.73. The summed E-state index contributed by atoms with van der Waals surface area (Å²) in [7, 11) is 0. The second-order valence-corrected chi connectivity index (χ2v) is 6.78. The molecule has 0 radical (unpaired) electrons. The van der Waals surface area contributed by atoms with Crippen LogP contribution in [-0.4, -0.2) is 14.9 Å². The van der Waals surface area contributed by atoms with E-state index in [1.54, 1.807) is 0 Å². The van der Waals surface area contributed by atoms with Crippen molar-refractivity contribution in [1.82, 2.24) is 4.57 Å². The summed E-state index contributed by atoms with van der Waals surface area (Å²) in [5.74, 6) is 0. The predicted octanol–water partition coefficient (Wildman–Crippen LogP) is 3.85. The average molecular weight is 333 g/mol. The fourth-order valence-corrected chi connectivity index (χ4v) is 3.72. The number of halogens is 3. The van der Waals surface area contributed by atoms with E-state index in [0.29, 0.717) is 5.25 Å². The molecule has 1 heterocycles. The standard InChI is InChI=1S/C15H18F3NO2S/c16-15(17,18)12-7-4-9-19(14(12)21)10-8-13(20)22-11-5-2-1-3-6-11/h4,7,9,11H,1-3,5-6,8,10H2. The van der Waals surface area contributed by atoms with Gasteiger partial charge in [-0.3, -0.25) is 9.59 Å². The van der Waals surface area contributed by atoms with Crippen LogP contribution in [-0.2, 0) is 17.5 Å². The maximum Gasteiger partial charge on any atom is 0.421 e. The molecule has 1 aliphatic rings. The lowest BCUT2D eigenvalue weighted by Gasteiger charge is -2.20. The summed E-state index contributed by atoms with van der Waals surface area (Å²) in [6, 6.07) is 1.94. The van der Waals surface area contributed by atoms with Gasteiger partial charge in [0, 0.05) is 24.4 Å². The third kappa shape index (κ3) is 4.63. The minimum atomic E-state index is -4.67. The molecule has 0 aromatic carbocycles. The van der Waals surface area contributed by atoms with Crippen LogP contribution in [0.3, 0.4) is 0 Å². The Morgan fingerprint density at radius 2 is 1.95 bits per heavy atom. The number of hydrogen-bond acceptors (Lipinski definition) is 3. The zero-order chi connectivity index (χ0) is 16.2. The number of alkyl halides is 3. The van der Waals surface area contributed by atoms with E-state index < -0.39 is 17.3 Å². The Bertz CT molecular complexity index is 577. The molecule has 0 amide bonds. The topological polar surface area (TPSA) is 39.1 Å². The molecule has 122 valence electrons. The van der Waals surface area contributed by atoms with Gasteiger partial charge in [0.15, 0.2) is 5.12 Å². The molecule has 7 heteroatoms. The first-order valence-electron chi connectivity index (χ1n) is 7.34. The molecule has 22 heavy (non-hydrogen) atoms. The monoisotopic (exact) mass is 333 g/mol. The van der Waals surface area contributed by atoms with Crippen molar-refractivity contribution in [3.05, 3.63) is 34.2 Å². The van der Waals surface area contributed by atoms with Gasteiger partial charge >= 0.3 is 6.18 Å². The second kappa shape index (κ2) is 7.35. The SMILES string of the molecule is O=C(CCn1cccc(C(F)(F)F)c1=O)SC1CCCCC1. The van der Waals surface area contributed by atoms with Gasteiger partial charge in [-0.2, -0.15) is 13.2 Å². The largest absolute Gasteiger partial charge is 0.421 e. The number of rotatable bonds is 4. The van der Waals surface area contributed by atoms with Crippen molar-refractivity contribution in [1.29, 1.82) is 0 Å². The summed E-state index contributed by atoms with van der Waals surface area (Å²) in [6.45, 7) is -0.0126. The average Bonchev–Trinajstić information content (AvgIpc) is 2.46. The maximum atomic E-state index is 12.7. The molecule has 1 aromatic rings. The highest BCUT2D eigenvalue weighted by atomic mass is 32.2. The van der Waals surface area contributed by atoms with E-state index in [4.69, 9.17) is 0 Å². The number of aromatic nitrogens is 1.